The summed E-state index contributed by atoms with van der Waals surface area (Å²) in [5.74, 6) is 0. The summed E-state index contributed by atoms with van der Waals surface area (Å²) in [5.41, 5.74) is 1.33. The minimum atomic E-state index is 0.922. The van der Waals surface area contributed by atoms with Crippen molar-refractivity contribution in [2.24, 2.45) is 0 Å². The van der Waals surface area contributed by atoms with Crippen molar-refractivity contribution in [1.29, 1.82) is 0 Å². The predicted molar refractivity (Wildman–Crippen MR) is 64.8 cm³/mol. The fourth-order valence-electron chi connectivity index (χ4n) is 1.43. The Kier molecular flexibility index (Phi) is 2.80. The predicted octanol–water partition coefficient (Wildman–Crippen LogP) is 3.28. The first kappa shape index (κ1) is 8.97. The van der Waals surface area contributed by atoms with Crippen molar-refractivity contribution < 1.29 is 0 Å². The van der Waals surface area contributed by atoms with Crippen LogP contribution in [0.5, 0.6) is 0 Å². The molecule has 0 radical (unpaired) electrons. The van der Waals surface area contributed by atoms with E-state index in [4.69, 9.17) is 0 Å². The second kappa shape index (κ2) is 4.07. The monoisotopic (exact) mass is 283 g/mol. The topological polar surface area (TPSA) is 12.0 Å². The Morgan fingerprint density at radius 2 is 1.77 bits per heavy atom. The molecule has 2 rings (SSSR count). The van der Waals surface area contributed by atoms with Crippen molar-refractivity contribution in [2.45, 2.75) is 6.54 Å². The molecule has 0 atom stereocenters. The fourth-order valence-corrected chi connectivity index (χ4v) is 1.87. The first-order valence-corrected chi connectivity index (χ1v) is 5.29. The number of nitrogens with one attached hydrogen (secondary N) is 1. The summed E-state index contributed by atoms with van der Waals surface area (Å²) in [4.78, 5) is 0. The standard InChI is InChI=1S/C11H10IN/c12-13-8-9-5-6-10-3-1-2-4-11(10)7-9/h1-7,13H,8H2. The molecule has 1 nitrogen and oxygen atoms in total. The molecule has 2 aromatic rings. The van der Waals surface area contributed by atoms with Crippen molar-refractivity contribution in [1.82, 2.24) is 3.53 Å². The molecule has 0 saturated carbocycles. The lowest BCUT2D eigenvalue weighted by Gasteiger charge is -2.01. The number of rotatable bonds is 2. The van der Waals surface area contributed by atoms with Gasteiger partial charge in [0.1, 0.15) is 0 Å². The average molecular weight is 283 g/mol. The lowest BCUT2D eigenvalue weighted by molar-refractivity contribution is 1.02. The van der Waals surface area contributed by atoms with E-state index in [1.54, 1.807) is 0 Å². The summed E-state index contributed by atoms with van der Waals surface area (Å²) < 4.78 is 3.12. The van der Waals surface area contributed by atoms with Gasteiger partial charge in [0.05, 0.1) is 0 Å². The van der Waals surface area contributed by atoms with Crippen LogP contribution in [0.15, 0.2) is 42.5 Å². The second-order valence-corrected chi connectivity index (χ2v) is 3.75. The largest absolute Gasteiger partial charge is 0.257 e. The van der Waals surface area contributed by atoms with Gasteiger partial charge in [-0.05, 0) is 22.4 Å². The van der Waals surface area contributed by atoms with Gasteiger partial charge in [0.15, 0.2) is 0 Å². The van der Waals surface area contributed by atoms with E-state index in [1.807, 2.05) is 0 Å². The summed E-state index contributed by atoms with van der Waals surface area (Å²) in [6.45, 7) is 0.922. The molecule has 0 unspecified atom stereocenters. The maximum atomic E-state index is 3.12. The van der Waals surface area contributed by atoms with E-state index in [1.165, 1.54) is 16.3 Å². The summed E-state index contributed by atoms with van der Waals surface area (Å²) >= 11 is 2.16. The minimum absolute atomic E-state index is 0.922. The van der Waals surface area contributed by atoms with Gasteiger partial charge in [-0.3, -0.25) is 3.53 Å². The van der Waals surface area contributed by atoms with Crippen molar-refractivity contribution in [3.05, 3.63) is 48.0 Å². The molecular formula is C11H10IN. The molecule has 0 aliphatic carbocycles. The average Bonchev–Trinajstić information content (AvgIpc) is 2.18. The molecule has 0 aromatic heterocycles. The third kappa shape index (κ3) is 2.00. The smallest absolute Gasteiger partial charge is 0.0301 e. The van der Waals surface area contributed by atoms with E-state index in [0.29, 0.717) is 0 Å². The maximum absolute atomic E-state index is 3.12. The molecule has 66 valence electrons. The summed E-state index contributed by atoms with van der Waals surface area (Å²) in [6, 6.07) is 15.0. The summed E-state index contributed by atoms with van der Waals surface area (Å²) in [6.07, 6.45) is 0. The highest BCUT2D eigenvalue weighted by atomic mass is 127. The third-order valence-electron chi connectivity index (χ3n) is 2.08. The number of benzene rings is 2. The van der Waals surface area contributed by atoms with E-state index in [9.17, 15) is 0 Å². The molecular weight excluding hydrogens is 273 g/mol. The third-order valence-corrected chi connectivity index (χ3v) is 2.47. The van der Waals surface area contributed by atoms with Crippen LogP contribution >= 0.6 is 22.9 Å². The Morgan fingerprint density at radius 3 is 2.54 bits per heavy atom. The Bertz CT molecular complexity index is 412. The number of hydrogen-bond donors (Lipinski definition) is 1. The van der Waals surface area contributed by atoms with Gasteiger partial charge in [0, 0.05) is 29.4 Å². The SMILES string of the molecule is INCc1ccc2ccccc2c1. The Labute approximate surface area is 91.6 Å². The maximum Gasteiger partial charge on any atom is 0.0301 e. The van der Waals surface area contributed by atoms with Crippen LogP contribution in [0.2, 0.25) is 0 Å². The molecule has 0 saturated heterocycles. The zero-order chi connectivity index (χ0) is 9.10. The van der Waals surface area contributed by atoms with E-state index < -0.39 is 0 Å². The van der Waals surface area contributed by atoms with Crippen LogP contribution in [0.4, 0.5) is 0 Å². The molecule has 0 aliphatic rings. The Morgan fingerprint density at radius 1 is 1.00 bits per heavy atom. The van der Waals surface area contributed by atoms with Crippen molar-refractivity contribution in [3.8, 4) is 0 Å². The molecule has 0 bridgehead atoms. The molecule has 2 heteroatoms. The Hall–Kier alpha value is -0.610. The van der Waals surface area contributed by atoms with Crippen LogP contribution in [0.1, 0.15) is 5.56 Å². The second-order valence-electron chi connectivity index (χ2n) is 2.99. The van der Waals surface area contributed by atoms with Gasteiger partial charge in [-0.1, -0.05) is 36.4 Å². The van der Waals surface area contributed by atoms with Crippen LogP contribution in [-0.4, -0.2) is 0 Å². The zero-order valence-corrected chi connectivity index (χ0v) is 9.28. The fraction of sp³-hybridized carbons (Fsp3) is 0.0909. The van der Waals surface area contributed by atoms with Crippen LogP contribution < -0.4 is 3.53 Å². The van der Waals surface area contributed by atoms with Gasteiger partial charge < -0.3 is 0 Å². The zero-order valence-electron chi connectivity index (χ0n) is 7.13. The van der Waals surface area contributed by atoms with Gasteiger partial charge in [-0.25, -0.2) is 0 Å². The number of fused-ring (bicyclic) bond motifs is 1. The molecule has 0 fully saturated rings. The quantitative estimate of drug-likeness (QED) is 0.659. The highest BCUT2D eigenvalue weighted by Gasteiger charge is 1.94. The van der Waals surface area contributed by atoms with E-state index in [-0.39, 0.29) is 0 Å². The number of hydrogen-bond acceptors (Lipinski definition) is 1. The van der Waals surface area contributed by atoms with Crippen molar-refractivity contribution in [2.75, 3.05) is 0 Å². The van der Waals surface area contributed by atoms with Gasteiger partial charge in [0.25, 0.3) is 0 Å². The van der Waals surface area contributed by atoms with Gasteiger partial charge in [-0.15, -0.1) is 0 Å². The molecule has 1 N–H and O–H groups in total. The molecule has 0 heterocycles. The Balaban J connectivity index is 2.49. The molecule has 13 heavy (non-hydrogen) atoms. The highest BCUT2D eigenvalue weighted by molar-refractivity contribution is 14.1. The molecule has 0 spiro atoms. The lowest BCUT2D eigenvalue weighted by atomic mass is 10.1. The van der Waals surface area contributed by atoms with E-state index >= 15 is 0 Å². The minimum Gasteiger partial charge on any atom is -0.257 e. The lowest BCUT2D eigenvalue weighted by Crippen LogP contribution is -1.96. The highest BCUT2D eigenvalue weighted by Crippen LogP contribution is 2.15. The molecule has 0 aliphatic heterocycles. The number of halogens is 1. The normalized spacial score (nSPS) is 10.5. The van der Waals surface area contributed by atoms with Crippen molar-refractivity contribution >= 4 is 33.6 Å². The van der Waals surface area contributed by atoms with Gasteiger partial charge in [0.2, 0.25) is 0 Å². The van der Waals surface area contributed by atoms with E-state index in [2.05, 4.69) is 68.9 Å². The van der Waals surface area contributed by atoms with E-state index in [0.717, 1.165) is 6.54 Å². The van der Waals surface area contributed by atoms with Gasteiger partial charge in [-0.2, -0.15) is 0 Å². The summed E-state index contributed by atoms with van der Waals surface area (Å²) in [5, 5.41) is 2.62. The van der Waals surface area contributed by atoms with Crippen LogP contribution in [0.3, 0.4) is 0 Å². The first-order chi connectivity index (χ1) is 6.40. The molecule has 0 amide bonds. The van der Waals surface area contributed by atoms with Crippen LogP contribution in [0, 0.1) is 0 Å². The summed E-state index contributed by atoms with van der Waals surface area (Å²) in [7, 11) is 0. The van der Waals surface area contributed by atoms with Gasteiger partial charge >= 0.3 is 0 Å². The van der Waals surface area contributed by atoms with Crippen LogP contribution in [-0.2, 0) is 6.54 Å². The first-order valence-electron chi connectivity index (χ1n) is 4.21. The van der Waals surface area contributed by atoms with Crippen LogP contribution in [0.25, 0.3) is 10.8 Å². The van der Waals surface area contributed by atoms with Crippen molar-refractivity contribution in [3.63, 3.8) is 0 Å². The molecule has 2 aromatic carbocycles.